The fourth-order valence-corrected chi connectivity index (χ4v) is 4.85. The lowest BCUT2D eigenvalue weighted by Gasteiger charge is -2.37. The van der Waals surface area contributed by atoms with Crippen molar-refractivity contribution >= 4 is 17.6 Å². The first-order chi connectivity index (χ1) is 17.2. The Morgan fingerprint density at radius 2 is 1.67 bits per heavy atom. The molecule has 194 valence electrons. The first-order valence-corrected chi connectivity index (χ1v) is 12.0. The third-order valence-corrected chi connectivity index (χ3v) is 6.80. The van der Waals surface area contributed by atoms with E-state index in [1.54, 1.807) is 12.4 Å². The van der Waals surface area contributed by atoms with Gasteiger partial charge in [0.25, 0.3) is 0 Å². The summed E-state index contributed by atoms with van der Waals surface area (Å²) < 4.78 is 38.6. The van der Waals surface area contributed by atoms with Crippen molar-refractivity contribution in [2.24, 2.45) is 17.0 Å². The predicted octanol–water partition coefficient (Wildman–Crippen LogP) is 2.97. The molecule has 1 amide bonds. The topological polar surface area (TPSA) is 110 Å². The van der Waals surface area contributed by atoms with Gasteiger partial charge in [-0.3, -0.25) is 14.7 Å². The van der Waals surface area contributed by atoms with Crippen molar-refractivity contribution in [1.29, 1.82) is 0 Å². The number of pyridine rings is 1. The molecule has 36 heavy (non-hydrogen) atoms. The van der Waals surface area contributed by atoms with Crippen LogP contribution in [0.4, 0.5) is 19.1 Å². The SMILES string of the molecule is CO/N=C(\c1ccc(C(F)(F)F)nc1)C1CCN(C(=O)C2CCN(Cc3cnc(N)nc3)CC2)CC1. The van der Waals surface area contributed by atoms with Crippen LogP contribution in [0.25, 0.3) is 0 Å². The number of anilines is 1. The van der Waals surface area contributed by atoms with E-state index in [9.17, 15) is 18.0 Å². The number of hydrogen-bond donors (Lipinski definition) is 1. The Balaban J connectivity index is 1.29. The molecule has 2 aliphatic rings. The second-order valence-electron chi connectivity index (χ2n) is 9.19. The minimum Gasteiger partial charge on any atom is -0.399 e. The van der Waals surface area contributed by atoms with Gasteiger partial charge in [-0.25, -0.2) is 9.97 Å². The number of amides is 1. The lowest BCUT2D eigenvalue weighted by atomic mass is 9.87. The Morgan fingerprint density at radius 3 is 2.22 bits per heavy atom. The summed E-state index contributed by atoms with van der Waals surface area (Å²) in [4.78, 5) is 33.9. The summed E-state index contributed by atoms with van der Waals surface area (Å²) in [7, 11) is 1.41. The number of carbonyl (C=O) groups is 1. The summed E-state index contributed by atoms with van der Waals surface area (Å²) in [6.07, 6.45) is 3.05. The van der Waals surface area contributed by atoms with E-state index in [1.165, 1.54) is 19.4 Å². The second kappa shape index (κ2) is 11.2. The molecule has 9 nitrogen and oxygen atoms in total. The molecular formula is C24H30F3N7O2. The first kappa shape index (κ1) is 25.8. The molecule has 0 saturated carbocycles. The van der Waals surface area contributed by atoms with Gasteiger partial charge in [0.15, 0.2) is 0 Å². The van der Waals surface area contributed by atoms with E-state index in [4.69, 9.17) is 10.6 Å². The molecule has 0 atom stereocenters. The molecule has 2 aliphatic heterocycles. The fourth-order valence-electron chi connectivity index (χ4n) is 4.85. The molecular weight excluding hydrogens is 475 g/mol. The molecule has 0 aliphatic carbocycles. The van der Waals surface area contributed by atoms with E-state index < -0.39 is 11.9 Å². The monoisotopic (exact) mass is 505 g/mol. The van der Waals surface area contributed by atoms with Crippen LogP contribution in [0, 0.1) is 11.8 Å². The van der Waals surface area contributed by atoms with Gasteiger partial charge in [-0.15, -0.1) is 0 Å². The molecule has 2 aromatic rings. The first-order valence-electron chi connectivity index (χ1n) is 12.0. The van der Waals surface area contributed by atoms with Gasteiger partial charge < -0.3 is 15.5 Å². The number of aromatic nitrogens is 3. The smallest absolute Gasteiger partial charge is 0.399 e. The quantitative estimate of drug-likeness (QED) is 0.475. The van der Waals surface area contributed by atoms with Gasteiger partial charge in [0.1, 0.15) is 12.8 Å². The van der Waals surface area contributed by atoms with E-state index in [-0.39, 0.29) is 23.7 Å². The maximum Gasteiger partial charge on any atom is 0.433 e. The van der Waals surface area contributed by atoms with Gasteiger partial charge in [0.2, 0.25) is 11.9 Å². The summed E-state index contributed by atoms with van der Waals surface area (Å²) in [6.45, 7) is 3.52. The number of nitrogens with zero attached hydrogens (tertiary/aromatic N) is 6. The van der Waals surface area contributed by atoms with Gasteiger partial charge >= 0.3 is 6.18 Å². The highest BCUT2D eigenvalue weighted by molar-refractivity contribution is 6.01. The number of oxime groups is 1. The molecule has 4 rings (SSSR count). The zero-order chi connectivity index (χ0) is 25.7. The van der Waals surface area contributed by atoms with E-state index in [0.717, 1.165) is 44.1 Å². The van der Waals surface area contributed by atoms with Crippen LogP contribution in [0.1, 0.15) is 42.5 Å². The zero-order valence-corrected chi connectivity index (χ0v) is 20.1. The van der Waals surface area contributed by atoms with Crippen molar-refractivity contribution in [2.75, 3.05) is 39.0 Å². The van der Waals surface area contributed by atoms with E-state index in [1.807, 2.05) is 4.90 Å². The van der Waals surface area contributed by atoms with Gasteiger partial charge in [0, 0.05) is 61.2 Å². The summed E-state index contributed by atoms with van der Waals surface area (Å²) in [5.41, 5.74) is 6.64. The predicted molar refractivity (Wildman–Crippen MR) is 127 cm³/mol. The number of carbonyl (C=O) groups excluding carboxylic acids is 1. The van der Waals surface area contributed by atoms with E-state index in [2.05, 4.69) is 25.0 Å². The number of rotatable bonds is 6. The maximum atomic E-state index is 13.2. The third kappa shape index (κ3) is 6.28. The van der Waals surface area contributed by atoms with Crippen LogP contribution in [-0.2, 0) is 22.4 Å². The number of hydrogen-bond acceptors (Lipinski definition) is 8. The Labute approximate surface area is 207 Å². The highest BCUT2D eigenvalue weighted by atomic mass is 19.4. The molecule has 0 aromatic carbocycles. The average Bonchev–Trinajstić information content (AvgIpc) is 2.88. The minimum atomic E-state index is -4.50. The van der Waals surface area contributed by atoms with Crippen LogP contribution in [0.2, 0.25) is 0 Å². The Morgan fingerprint density at radius 1 is 1.03 bits per heavy atom. The Kier molecular flexibility index (Phi) is 8.02. The van der Waals surface area contributed by atoms with Crippen LogP contribution in [0.15, 0.2) is 35.9 Å². The lowest BCUT2D eigenvalue weighted by molar-refractivity contribution is -0.141. The molecule has 0 spiro atoms. The third-order valence-electron chi connectivity index (χ3n) is 6.80. The van der Waals surface area contributed by atoms with Crippen LogP contribution < -0.4 is 5.73 Å². The van der Waals surface area contributed by atoms with Crippen LogP contribution >= 0.6 is 0 Å². The van der Waals surface area contributed by atoms with Gasteiger partial charge in [-0.05, 0) is 50.9 Å². The van der Waals surface area contributed by atoms with Gasteiger partial charge in [-0.1, -0.05) is 5.16 Å². The average molecular weight is 506 g/mol. The van der Waals surface area contributed by atoms with Crippen LogP contribution in [-0.4, -0.2) is 69.7 Å². The molecule has 2 fully saturated rings. The second-order valence-corrected chi connectivity index (χ2v) is 9.19. The summed E-state index contributed by atoms with van der Waals surface area (Å²) in [6, 6.07) is 2.32. The maximum absolute atomic E-state index is 13.2. The number of likely N-dealkylation sites (tertiary alicyclic amines) is 2. The van der Waals surface area contributed by atoms with Gasteiger partial charge in [-0.2, -0.15) is 13.2 Å². The Hall–Kier alpha value is -3.28. The molecule has 12 heteroatoms. The van der Waals surface area contributed by atoms with Crippen molar-refractivity contribution in [3.8, 4) is 0 Å². The van der Waals surface area contributed by atoms with Crippen molar-refractivity contribution in [2.45, 2.75) is 38.4 Å². The molecule has 0 radical (unpaired) electrons. The normalized spacial score (nSPS) is 18.9. The van der Waals surface area contributed by atoms with Crippen LogP contribution in [0.3, 0.4) is 0 Å². The highest BCUT2D eigenvalue weighted by Crippen LogP contribution is 2.29. The summed E-state index contributed by atoms with van der Waals surface area (Å²) >= 11 is 0. The van der Waals surface area contributed by atoms with Crippen molar-refractivity contribution in [3.63, 3.8) is 0 Å². The number of alkyl halides is 3. The standard InChI is InChI=1S/C24H30F3N7O2/c1-36-32-21(19-2-3-20(29-14-19)24(25,26)27)17-6-10-34(11-7-17)22(35)18-4-8-33(9-5-18)15-16-12-30-23(28)31-13-16/h2-3,12-14,17-18H,4-11,15H2,1H3,(H2,28,30,31)/b32-21-. The van der Waals surface area contributed by atoms with Crippen LogP contribution in [0.5, 0.6) is 0 Å². The van der Waals surface area contributed by atoms with E-state index in [0.29, 0.717) is 37.2 Å². The highest BCUT2D eigenvalue weighted by Gasteiger charge is 2.34. The van der Waals surface area contributed by atoms with Crippen molar-refractivity contribution in [3.05, 3.63) is 47.5 Å². The Bertz CT molecular complexity index is 1040. The molecule has 4 heterocycles. The fraction of sp³-hybridized carbons (Fsp3) is 0.542. The largest absolute Gasteiger partial charge is 0.433 e. The molecule has 2 aromatic heterocycles. The van der Waals surface area contributed by atoms with E-state index >= 15 is 0 Å². The number of halogens is 3. The molecule has 2 N–H and O–H groups in total. The van der Waals surface area contributed by atoms with Crippen molar-refractivity contribution < 1.29 is 22.8 Å². The molecule has 0 bridgehead atoms. The number of nitrogens with two attached hydrogens (primary N) is 1. The molecule has 2 saturated heterocycles. The van der Waals surface area contributed by atoms with Crippen molar-refractivity contribution in [1.82, 2.24) is 24.8 Å². The minimum absolute atomic E-state index is 0.00769. The lowest BCUT2D eigenvalue weighted by Crippen LogP contribution is -2.46. The summed E-state index contributed by atoms with van der Waals surface area (Å²) in [5.74, 6) is 0.386. The number of piperidine rings is 2. The molecule has 0 unspecified atom stereocenters. The summed E-state index contributed by atoms with van der Waals surface area (Å²) in [5, 5.41) is 4.09. The van der Waals surface area contributed by atoms with Gasteiger partial charge in [0.05, 0.1) is 5.71 Å². The zero-order valence-electron chi connectivity index (χ0n) is 20.1. The number of nitrogen functional groups attached to an aromatic ring is 1.